The zero-order valence-electron chi connectivity index (χ0n) is 14.5. The van der Waals surface area contributed by atoms with E-state index in [0.29, 0.717) is 17.2 Å². The molecule has 1 aliphatic rings. The summed E-state index contributed by atoms with van der Waals surface area (Å²) in [5, 5.41) is 2.99. The van der Waals surface area contributed by atoms with E-state index in [1.165, 1.54) is 0 Å². The molecule has 1 N–H and O–H groups in total. The zero-order valence-corrected chi connectivity index (χ0v) is 14.5. The van der Waals surface area contributed by atoms with Gasteiger partial charge in [-0.15, -0.1) is 0 Å². The van der Waals surface area contributed by atoms with Crippen molar-refractivity contribution < 1.29 is 23.7 Å². The van der Waals surface area contributed by atoms with Crippen LogP contribution in [0.1, 0.15) is 24.1 Å². The minimum Gasteiger partial charge on any atom is -0.497 e. The van der Waals surface area contributed by atoms with E-state index < -0.39 is 0 Å². The molecule has 0 saturated carbocycles. The third-order valence-electron chi connectivity index (χ3n) is 4.12. The number of methoxy groups -OCH3 is 2. The monoisotopic (exact) mass is 343 g/mol. The van der Waals surface area contributed by atoms with Gasteiger partial charge in [-0.2, -0.15) is 0 Å². The molecule has 6 heteroatoms. The fourth-order valence-corrected chi connectivity index (χ4v) is 2.73. The number of carbonyl (C=O) groups is 1. The Hall–Kier alpha value is -2.89. The molecular formula is C19H21NO5. The van der Waals surface area contributed by atoms with Gasteiger partial charge in [0.1, 0.15) is 11.5 Å². The molecule has 132 valence electrons. The molecule has 0 aromatic heterocycles. The number of carbonyl (C=O) groups excluding carboxylic acids is 1. The fourth-order valence-electron chi connectivity index (χ4n) is 2.73. The molecule has 0 radical (unpaired) electrons. The zero-order chi connectivity index (χ0) is 17.8. The number of rotatable bonds is 6. The first-order chi connectivity index (χ1) is 12.1. The van der Waals surface area contributed by atoms with Gasteiger partial charge in [0.15, 0.2) is 11.5 Å². The summed E-state index contributed by atoms with van der Waals surface area (Å²) in [5.74, 6) is 2.66. The topological polar surface area (TPSA) is 66.0 Å². The molecule has 0 fully saturated rings. The van der Waals surface area contributed by atoms with Crippen molar-refractivity contribution in [2.75, 3.05) is 21.0 Å². The van der Waals surface area contributed by atoms with Gasteiger partial charge in [-0.1, -0.05) is 12.1 Å². The van der Waals surface area contributed by atoms with Gasteiger partial charge in [-0.3, -0.25) is 4.79 Å². The highest BCUT2D eigenvalue weighted by molar-refractivity contribution is 5.80. The van der Waals surface area contributed by atoms with E-state index in [2.05, 4.69) is 5.32 Å². The number of nitrogens with one attached hydrogen (secondary N) is 1. The third kappa shape index (κ3) is 3.79. The van der Waals surface area contributed by atoms with Gasteiger partial charge < -0.3 is 24.3 Å². The second-order valence-electron chi connectivity index (χ2n) is 5.76. The minimum absolute atomic E-state index is 0.0892. The van der Waals surface area contributed by atoms with E-state index >= 15 is 0 Å². The fraction of sp³-hybridized carbons (Fsp3) is 0.316. The highest BCUT2D eigenvalue weighted by Crippen LogP contribution is 2.34. The number of hydrogen-bond acceptors (Lipinski definition) is 5. The average Bonchev–Trinajstić information content (AvgIpc) is 3.09. The van der Waals surface area contributed by atoms with Crippen LogP contribution in [0, 0.1) is 0 Å². The van der Waals surface area contributed by atoms with Crippen molar-refractivity contribution in [3.63, 3.8) is 0 Å². The van der Waals surface area contributed by atoms with Crippen LogP contribution in [0.15, 0.2) is 36.4 Å². The summed E-state index contributed by atoms with van der Waals surface area (Å²) in [5.41, 5.74) is 1.76. The minimum atomic E-state index is -0.147. The molecule has 3 rings (SSSR count). The summed E-state index contributed by atoms with van der Waals surface area (Å²) >= 11 is 0. The Morgan fingerprint density at radius 1 is 1.12 bits per heavy atom. The first-order valence-corrected chi connectivity index (χ1v) is 8.00. The van der Waals surface area contributed by atoms with Crippen LogP contribution in [-0.4, -0.2) is 26.9 Å². The van der Waals surface area contributed by atoms with Crippen LogP contribution in [0.25, 0.3) is 0 Å². The molecule has 2 aromatic carbocycles. The van der Waals surface area contributed by atoms with Crippen molar-refractivity contribution in [1.29, 1.82) is 0 Å². The number of benzene rings is 2. The highest BCUT2D eigenvalue weighted by atomic mass is 16.7. The van der Waals surface area contributed by atoms with E-state index in [1.54, 1.807) is 20.3 Å². The van der Waals surface area contributed by atoms with Gasteiger partial charge in [0.2, 0.25) is 12.7 Å². The molecule has 1 unspecified atom stereocenters. The molecule has 0 bridgehead atoms. The molecule has 25 heavy (non-hydrogen) atoms. The first kappa shape index (κ1) is 17.0. The van der Waals surface area contributed by atoms with Crippen molar-refractivity contribution in [1.82, 2.24) is 5.32 Å². The van der Waals surface area contributed by atoms with Crippen molar-refractivity contribution in [3.8, 4) is 23.0 Å². The maximum atomic E-state index is 12.4. The standard InChI is InChI=1S/C19H21NO5/c1-12(13-5-7-16-18(8-13)25-11-24-16)20-19(21)9-14-4-6-15(22-2)10-17(14)23-3/h4-8,10,12H,9,11H2,1-3H3,(H,20,21). The lowest BCUT2D eigenvalue weighted by Crippen LogP contribution is -2.28. The maximum Gasteiger partial charge on any atom is 0.231 e. The van der Waals surface area contributed by atoms with Crippen LogP contribution in [0.5, 0.6) is 23.0 Å². The summed E-state index contributed by atoms with van der Waals surface area (Å²) in [6.07, 6.45) is 0.224. The van der Waals surface area contributed by atoms with E-state index in [0.717, 1.165) is 16.9 Å². The predicted octanol–water partition coefficient (Wildman–Crippen LogP) is 2.85. The van der Waals surface area contributed by atoms with Crippen LogP contribution in [0.2, 0.25) is 0 Å². The number of hydrogen-bond donors (Lipinski definition) is 1. The predicted molar refractivity (Wildman–Crippen MR) is 92.4 cm³/mol. The number of amides is 1. The van der Waals surface area contributed by atoms with Crippen LogP contribution in [-0.2, 0) is 11.2 Å². The molecule has 1 aliphatic heterocycles. The van der Waals surface area contributed by atoms with Crippen LogP contribution >= 0.6 is 0 Å². The number of fused-ring (bicyclic) bond motifs is 1. The largest absolute Gasteiger partial charge is 0.497 e. The van der Waals surface area contributed by atoms with Gasteiger partial charge in [-0.25, -0.2) is 0 Å². The van der Waals surface area contributed by atoms with Crippen LogP contribution in [0.3, 0.4) is 0 Å². The maximum absolute atomic E-state index is 12.4. The number of ether oxygens (including phenoxy) is 4. The molecular weight excluding hydrogens is 322 g/mol. The Balaban J connectivity index is 1.66. The summed E-state index contributed by atoms with van der Waals surface area (Å²) < 4.78 is 21.2. The smallest absolute Gasteiger partial charge is 0.231 e. The lowest BCUT2D eigenvalue weighted by Gasteiger charge is -2.16. The molecule has 1 heterocycles. The Kier molecular flexibility index (Phi) is 4.97. The lowest BCUT2D eigenvalue weighted by molar-refractivity contribution is -0.121. The van der Waals surface area contributed by atoms with Crippen LogP contribution < -0.4 is 24.3 Å². The summed E-state index contributed by atoms with van der Waals surface area (Å²) in [6, 6.07) is 10.9. The average molecular weight is 343 g/mol. The Labute approximate surface area is 146 Å². The third-order valence-corrected chi connectivity index (χ3v) is 4.12. The van der Waals surface area contributed by atoms with Crippen molar-refractivity contribution in [2.45, 2.75) is 19.4 Å². The SMILES string of the molecule is COc1ccc(CC(=O)NC(C)c2ccc3c(c2)OCO3)c(OC)c1. The van der Waals surface area contributed by atoms with Gasteiger partial charge in [0, 0.05) is 11.6 Å². The van der Waals surface area contributed by atoms with E-state index in [4.69, 9.17) is 18.9 Å². The van der Waals surface area contributed by atoms with Crippen molar-refractivity contribution in [3.05, 3.63) is 47.5 Å². The summed E-state index contributed by atoms with van der Waals surface area (Å²) in [4.78, 5) is 12.4. The van der Waals surface area contributed by atoms with Gasteiger partial charge in [0.25, 0.3) is 0 Å². The van der Waals surface area contributed by atoms with E-state index in [1.807, 2.05) is 37.3 Å². The molecule has 6 nitrogen and oxygen atoms in total. The van der Waals surface area contributed by atoms with Gasteiger partial charge >= 0.3 is 0 Å². The van der Waals surface area contributed by atoms with Crippen LogP contribution in [0.4, 0.5) is 0 Å². The van der Waals surface area contributed by atoms with Gasteiger partial charge in [-0.05, 0) is 30.7 Å². The lowest BCUT2D eigenvalue weighted by atomic mass is 10.1. The molecule has 0 saturated heterocycles. The summed E-state index contributed by atoms with van der Waals surface area (Å²) in [7, 11) is 3.17. The highest BCUT2D eigenvalue weighted by Gasteiger charge is 2.17. The molecule has 2 aromatic rings. The Morgan fingerprint density at radius 3 is 2.68 bits per heavy atom. The summed E-state index contributed by atoms with van der Waals surface area (Å²) in [6.45, 7) is 2.16. The Morgan fingerprint density at radius 2 is 1.92 bits per heavy atom. The van der Waals surface area contributed by atoms with E-state index in [-0.39, 0.29) is 25.2 Å². The molecule has 1 amide bonds. The first-order valence-electron chi connectivity index (χ1n) is 8.00. The second-order valence-corrected chi connectivity index (χ2v) is 5.76. The Bertz CT molecular complexity index is 774. The van der Waals surface area contributed by atoms with Crippen molar-refractivity contribution in [2.24, 2.45) is 0 Å². The second kappa shape index (κ2) is 7.34. The molecule has 0 spiro atoms. The quantitative estimate of drug-likeness (QED) is 0.874. The van der Waals surface area contributed by atoms with Crippen molar-refractivity contribution >= 4 is 5.91 Å². The molecule has 0 aliphatic carbocycles. The van der Waals surface area contributed by atoms with Gasteiger partial charge in [0.05, 0.1) is 26.7 Å². The van der Waals surface area contributed by atoms with E-state index in [9.17, 15) is 4.79 Å². The molecule has 1 atom stereocenters. The normalized spacial score (nSPS) is 13.2.